The third kappa shape index (κ3) is 7.15. The van der Waals surface area contributed by atoms with Crippen molar-refractivity contribution in [2.75, 3.05) is 20.3 Å². The molecule has 3 N–H and O–H groups in total. The third-order valence-corrected chi connectivity index (χ3v) is 2.72. The molecule has 1 aromatic rings. The van der Waals surface area contributed by atoms with E-state index in [2.05, 4.69) is 0 Å². The van der Waals surface area contributed by atoms with Gasteiger partial charge in [-0.3, -0.25) is 0 Å². The molecule has 4 nitrogen and oxygen atoms in total. The topological polar surface area (TPSA) is 64.7 Å². The molecule has 19 heavy (non-hydrogen) atoms. The largest absolute Gasteiger partial charge is 0.491 e. The quantitative estimate of drug-likeness (QED) is 0.753. The molecule has 1 unspecified atom stereocenters. The number of rotatable bonds is 8. The van der Waals surface area contributed by atoms with Crippen molar-refractivity contribution >= 4 is 0 Å². The van der Waals surface area contributed by atoms with Crippen LogP contribution in [-0.4, -0.2) is 37.1 Å². The number of aliphatic hydroxyl groups excluding tert-OH is 1. The van der Waals surface area contributed by atoms with Crippen molar-refractivity contribution in [3.63, 3.8) is 0 Å². The van der Waals surface area contributed by atoms with Crippen LogP contribution in [0.4, 0.5) is 0 Å². The Morgan fingerprint density at radius 2 is 1.89 bits per heavy atom. The van der Waals surface area contributed by atoms with Gasteiger partial charge in [0.1, 0.15) is 12.4 Å². The second kappa shape index (κ2) is 7.48. The van der Waals surface area contributed by atoms with Crippen molar-refractivity contribution in [3.05, 3.63) is 29.8 Å². The van der Waals surface area contributed by atoms with Crippen LogP contribution < -0.4 is 10.5 Å². The molecular formula is C15H25NO3. The third-order valence-electron chi connectivity index (χ3n) is 2.72. The Balaban J connectivity index is 2.37. The smallest absolute Gasteiger partial charge is 0.119 e. The van der Waals surface area contributed by atoms with Crippen LogP contribution in [0.25, 0.3) is 0 Å². The molecule has 0 aliphatic carbocycles. The minimum atomic E-state index is -0.548. The summed E-state index contributed by atoms with van der Waals surface area (Å²) in [6.45, 7) is 4.75. The lowest BCUT2D eigenvalue weighted by atomic mass is 9.99. The maximum Gasteiger partial charge on any atom is 0.119 e. The maximum atomic E-state index is 9.80. The molecule has 0 bridgehead atoms. The van der Waals surface area contributed by atoms with E-state index in [0.29, 0.717) is 13.0 Å². The van der Waals surface area contributed by atoms with E-state index in [1.54, 1.807) is 7.11 Å². The summed E-state index contributed by atoms with van der Waals surface area (Å²) < 4.78 is 10.6. The van der Waals surface area contributed by atoms with Gasteiger partial charge in [-0.1, -0.05) is 12.1 Å². The van der Waals surface area contributed by atoms with E-state index in [9.17, 15) is 5.11 Å². The number of ether oxygens (including phenoxy) is 2. The van der Waals surface area contributed by atoms with Gasteiger partial charge in [0, 0.05) is 12.6 Å². The van der Waals surface area contributed by atoms with Gasteiger partial charge >= 0.3 is 0 Å². The molecule has 0 fully saturated rings. The average molecular weight is 267 g/mol. The zero-order valence-corrected chi connectivity index (χ0v) is 12.1. The van der Waals surface area contributed by atoms with E-state index >= 15 is 0 Å². The molecular weight excluding hydrogens is 242 g/mol. The summed E-state index contributed by atoms with van der Waals surface area (Å²) in [5.41, 5.74) is 6.67. The lowest BCUT2D eigenvalue weighted by molar-refractivity contribution is 0.0839. The fourth-order valence-corrected chi connectivity index (χ4v) is 1.83. The fourth-order valence-electron chi connectivity index (χ4n) is 1.83. The van der Waals surface area contributed by atoms with E-state index in [1.807, 2.05) is 38.1 Å². The first-order valence-electron chi connectivity index (χ1n) is 6.58. The summed E-state index contributed by atoms with van der Waals surface area (Å²) >= 11 is 0. The van der Waals surface area contributed by atoms with Crippen molar-refractivity contribution in [1.29, 1.82) is 0 Å². The molecule has 108 valence electrons. The summed E-state index contributed by atoms with van der Waals surface area (Å²) in [6.07, 6.45) is 0.854. The molecule has 0 spiro atoms. The van der Waals surface area contributed by atoms with Gasteiger partial charge in [0.2, 0.25) is 0 Å². The molecule has 4 heteroatoms. The zero-order chi connectivity index (χ0) is 14.3. The first-order valence-corrected chi connectivity index (χ1v) is 6.58. The summed E-state index contributed by atoms with van der Waals surface area (Å²) in [6, 6.07) is 7.83. The minimum Gasteiger partial charge on any atom is -0.491 e. The molecule has 0 radical (unpaired) electrons. The lowest BCUT2D eigenvalue weighted by Gasteiger charge is -2.22. The molecule has 0 aliphatic heterocycles. The maximum absolute atomic E-state index is 9.80. The number of benzene rings is 1. The van der Waals surface area contributed by atoms with Crippen LogP contribution in [-0.2, 0) is 11.2 Å². The molecule has 1 aromatic carbocycles. The Morgan fingerprint density at radius 3 is 2.42 bits per heavy atom. The fraction of sp³-hybridized carbons (Fsp3) is 0.600. The molecule has 1 rings (SSSR count). The van der Waals surface area contributed by atoms with Crippen LogP contribution in [0.3, 0.4) is 0 Å². The first-order chi connectivity index (χ1) is 8.90. The van der Waals surface area contributed by atoms with E-state index in [-0.39, 0.29) is 12.1 Å². The van der Waals surface area contributed by atoms with E-state index in [1.165, 1.54) is 5.56 Å². The predicted octanol–water partition coefficient (Wildman–Crippen LogP) is 1.74. The Bertz CT molecular complexity index is 357. The van der Waals surface area contributed by atoms with Crippen molar-refractivity contribution in [1.82, 2.24) is 0 Å². The molecule has 0 saturated heterocycles. The number of hydrogen-bond acceptors (Lipinski definition) is 4. The summed E-state index contributed by atoms with van der Waals surface area (Å²) in [5.74, 6) is 0.759. The predicted molar refractivity (Wildman–Crippen MR) is 76.4 cm³/mol. The van der Waals surface area contributed by atoms with Crippen LogP contribution in [0.2, 0.25) is 0 Å². The van der Waals surface area contributed by atoms with Crippen LogP contribution in [0.1, 0.15) is 25.8 Å². The molecule has 1 atom stereocenters. The monoisotopic (exact) mass is 267 g/mol. The number of hydrogen-bond donors (Lipinski definition) is 2. The van der Waals surface area contributed by atoms with E-state index in [4.69, 9.17) is 15.2 Å². The van der Waals surface area contributed by atoms with Gasteiger partial charge in [0.25, 0.3) is 0 Å². The molecule has 0 aromatic heterocycles. The van der Waals surface area contributed by atoms with Crippen molar-refractivity contribution < 1.29 is 14.6 Å². The van der Waals surface area contributed by atoms with Gasteiger partial charge in [-0.25, -0.2) is 0 Å². The Hall–Kier alpha value is -1.10. The van der Waals surface area contributed by atoms with Gasteiger partial charge in [-0.05, 0) is 44.4 Å². The minimum absolute atomic E-state index is 0.262. The van der Waals surface area contributed by atoms with Gasteiger partial charge in [0.05, 0.1) is 12.7 Å². The highest BCUT2D eigenvalue weighted by atomic mass is 16.5. The first kappa shape index (κ1) is 16.0. The van der Waals surface area contributed by atoms with Gasteiger partial charge in [0.15, 0.2) is 0 Å². The average Bonchev–Trinajstić information content (AvgIpc) is 2.33. The normalized spacial score (nSPS) is 13.3. The van der Waals surface area contributed by atoms with Crippen LogP contribution >= 0.6 is 0 Å². The molecule has 0 aliphatic rings. The second-order valence-corrected chi connectivity index (χ2v) is 5.54. The Kier molecular flexibility index (Phi) is 6.28. The van der Waals surface area contributed by atoms with Gasteiger partial charge in [-0.2, -0.15) is 0 Å². The van der Waals surface area contributed by atoms with Crippen LogP contribution in [0, 0.1) is 0 Å². The van der Waals surface area contributed by atoms with E-state index < -0.39 is 6.10 Å². The highest BCUT2D eigenvalue weighted by Gasteiger charge is 2.17. The highest BCUT2D eigenvalue weighted by molar-refractivity contribution is 5.27. The van der Waals surface area contributed by atoms with E-state index in [0.717, 1.165) is 12.2 Å². The standard InChI is InChI=1S/C15H25NO3/c1-15(2,16)10-13(17)11-19-14-6-4-12(5-7-14)8-9-18-3/h4-7,13,17H,8-11,16H2,1-3H3. The van der Waals surface area contributed by atoms with Crippen LogP contribution in [0.15, 0.2) is 24.3 Å². The molecule has 0 saturated carbocycles. The Morgan fingerprint density at radius 1 is 1.26 bits per heavy atom. The van der Waals surface area contributed by atoms with Crippen molar-refractivity contribution in [2.24, 2.45) is 5.73 Å². The Labute approximate surface area is 115 Å². The van der Waals surface area contributed by atoms with Gasteiger partial charge in [-0.15, -0.1) is 0 Å². The summed E-state index contributed by atoms with van der Waals surface area (Å²) in [5, 5.41) is 9.80. The number of methoxy groups -OCH3 is 1. The number of nitrogens with two attached hydrogens (primary N) is 1. The second-order valence-electron chi connectivity index (χ2n) is 5.54. The molecule has 0 heterocycles. The number of aliphatic hydroxyl groups is 1. The summed E-state index contributed by atoms with van der Waals surface area (Å²) in [7, 11) is 1.69. The SMILES string of the molecule is COCCc1ccc(OCC(O)CC(C)(C)N)cc1. The van der Waals surface area contributed by atoms with Crippen molar-refractivity contribution in [2.45, 2.75) is 38.3 Å². The highest BCUT2D eigenvalue weighted by Crippen LogP contribution is 2.14. The summed E-state index contributed by atoms with van der Waals surface area (Å²) in [4.78, 5) is 0. The zero-order valence-electron chi connectivity index (χ0n) is 12.1. The van der Waals surface area contributed by atoms with Crippen LogP contribution in [0.5, 0.6) is 5.75 Å². The van der Waals surface area contributed by atoms with Crippen molar-refractivity contribution in [3.8, 4) is 5.75 Å². The molecule has 0 amide bonds. The lowest BCUT2D eigenvalue weighted by Crippen LogP contribution is -2.38. The van der Waals surface area contributed by atoms with Gasteiger partial charge < -0.3 is 20.3 Å².